The summed E-state index contributed by atoms with van der Waals surface area (Å²) in [7, 11) is 4.78. The number of pyridine rings is 1. The predicted molar refractivity (Wildman–Crippen MR) is 105 cm³/mol. The third-order valence-corrected chi connectivity index (χ3v) is 4.66. The van der Waals surface area contributed by atoms with Crippen LogP contribution in [0.3, 0.4) is 0 Å². The SMILES string of the molecule is CCc1c(OC)cc(OC)c(Cl)c1-c1cc2cnc(N)nc2c(COC)n1. The van der Waals surface area contributed by atoms with Crippen LogP contribution in [0.4, 0.5) is 5.95 Å². The zero-order valence-electron chi connectivity index (χ0n) is 15.7. The molecule has 2 heterocycles. The second-order valence-electron chi connectivity index (χ2n) is 5.86. The Morgan fingerprint density at radius 3 is 2.44 bits per heavy atom. The first-order valence-electron chi connectivity index (χ1n) is 8.38. The molecule has 0 amide bonds. The number of anilines is 1. The Morgan fingerprint density at radius 2 is 1.81 bits per heavy atom. The topological polar surface area (TPSA) is 92.4 Å². The van der Waals surface area contributed by atoms with Gasteiger partial charge in [0, 0.05) is 35.9 Å². The summed E-state index contributed by atoms with van der Waals surface area (Å²) >= 11 is 6.66. The van der Waals surface area contributed by atoms with Crippen molar-refractivity contribution in [2.45, 2.75) is 20.0 Å². The normalized spacial score (nSPS) is 11.0. The first kappa shape index (κ1) is 19.1. The number of fused-ring (bicyclic) bond motifs is 1. The number of hydrogen-bond acceptors (Lipinski definition) is 7. The molecule has 0 radical (unpaired) electrons. The van der Waals surface area contributed by atoms with Gasteiger partial charge in [-0.15, -0.1) is 0 Å². The molecule has 0 aliphatic heterocycles. The Balaban J connectivity index is 2.36. The van der Waals surface area contributed by atoms with E-state index in [1.807, 2.05) is 13.0 Å². The summed E-state index contributed by atoms with van der Waals surface area (Å²) in [5, 5.41) is 1.27. The summed E-state index contributed by atoms with van der Waals surface area (Å²) < 4.78 is 16.3. The highest BCUT2D eigenvalue weighted by atomic mass is 35.5. The van der Waals surface area contributed by atoms with E-state index in [0.717, 1.165) is 16.5 Å². The molecule has 0 aliphatic rings. The van der Waals surface area contributed by atoms with E-state index in [1.54, 1.807) is 33.6 Å². The van der Waals surface area contributed by atoms with Crippen LogP contribution in [0.1, 0.15) is 18.2 Å². The summed E-state index contributed by atoms with van der Waals surface area (Å²) in [6.07, 6.45) is 2.37. The van der Waals surface area contributed by atoms with Crippen molar-refractivity contribution in [1.29, 1.82) is 0 Å². The highest BCUT2D eigenvalue weighted by Gasteiger charge is 2.21. The van der Waals surface area contributed by atoms with Crippen molar-refractivity contribution in [1.82, 2.24) is 15.0 Å². The Kier molecular flexibility index (Phi) is 5.62. The molecule has 3 aromatic rings. The average molecular weight is 389 g/mol. The number of halogens is 1. The van der Waals surface area contributed by atoms with Crippen molar-refractivity contribution >= 4 is 28.5 Å². The van der Waals surface area contributed by atoms with Crippen LogP contribution in [0.25, 0.3) is 22.2 Å². The van der Waals surface area contributed by atoms with Crippen molar-refractivity contribution in [3.8, 4) is 22.8 Å². The van der Waals surface area contributed by atoms with Gasteiger partial charge in [0.25, 0.3) is 0 Å². The first-order chi connectivity index (χ1) is 13.0. The van der Waals surface area contributed by atoms with Crippen molar-refractivity contribution in [2.24, 2.45) is 0 Å². The number of methoxy groups -OCH3 is 3. The maximum absolute atomic E-state index is 6.66. The number of hydrogen-bond donors (Lipinski definition) is 1. The highest BCUT2D eigenvalue weighted by Crippen LogP contribution is 2.43. The van der Waals surface area contributed by atoms with Crippen LogP contribution in [0.5, 0.6) is 11.5 Å². The summed E-state index contributed by atoms with van der Waals surface area (Å²) in [4.78, 5) is 13.2. The zero-order chi connectivity index (χ0) is 19.6. The van der Waals surface area contributed by atoms with Crippen LogP contribution >= 0.6 is 11.6 Å². The zero-order valence-corrected chi connectivity index (χ0v) is 16.4. The fraction of sp³-hybridized carbons (Fsp3) is 0.316. The number of nitrogens with zero attached hydrogens (tertiary/aromatic N) is 3. The second-order valence-corrected chi connectivity index (χ2v) is 6.23. The molecule has 0 unspecified atom stereocenters. The lowest BCUT2D eigenvalue weighted by Gasteiger charge is -2.18. The first-order valence-corrected chi connectivity index (χ1v) is 8.76. The van der Waals surface area contributed by atoms with Gasteiger partial charge in [-0.1, -0.05) is 18.5 Å². The van der Waals surface area contributed by atoms with E-state index in [2.05, 4.69) is 9.97 Å². The fourth-order valence-corrected chi connectivity index (χ4v) is 3.42. The molecular weight excluding hydrogens is 368 g/mol. The highest BCUT2D eigenvalue weighted by molar-refractivity contribution is 6.35. The summed E-state index contributed by atoms with van der Waals surface area (Å²) in [6, 6.07) is 3.67. The van der Waals surface area contributed by atoms with E-state index in [-0.39, 0.29) is 12.6 Å². The molecule has 3 rings (SSSR count). The Bertz CT molecular complexity index is 995. The third kappa shape index (κ3) is 3.48. The summed E-state index contributed by atoms with van der Waals surface area (Å²) in [5.41, 5.74) is 9.40. The number of rotatable bonds is 6. The largest absolute Gasteiger partial charge is 0.496 e. The van der Waals surface area contributed by atoms with E-state index in [1.165, 1.54) is 0 Å². The van der Waals surface area contributed by atoms with Crippen LogP contribution in [-0.4, -0.2) is 36.3 Å². The van der Waals surface area contributed by atoms with Crippen LogP contribution in [0.2, 0.25) is 5.02 Å². The molecule has 2 aromatic heterocycles. The van der Waals surface area contributed by atoms with Crippen LogP contribution < -0.4 is 15.2 Å². The van der Waals surface area contributed by atoms with Crippen LogP contribution in [-0.2, 0) is 17.8 Å². The van der Waals surface area contributed by atoms with Crippen molar-refractivity contribution in [2.75, 3.05) is 27.1 Å². The summed E-state index contributed by atoms with van der Waals surface area (Å²) in [5.74, 6) is 1.40. The lowest BCUT2D eigenvalue weighted by Crippen LogP contribution is -2.04. The molecular formula is C19H21ClN4O3. The minimum absolute atomic E-state index is 0.185. The molecule has 2 N–H and O–H groups in total. The van der Waals surface area contributed by atoms with Gasteiger partial charge in [0.1, 0.15) is 11.5 Å². The maximum Gasteiger partial charge on any atom is 0.220 e. The van der Waals surface area contributed by atoms with Crippen molar-refractivity contribution < 1.29 is 14.2 Å². The van der Waals surface area contributed by atoms with E-state index in [0.29, 0.717) is 39.8 Å². The predicted octanol–water partition coefficient (Wildman–Crippen LogP) is 3.65. The number of aromatic nitrogens is 3. The standard InChI is InChI=1S/C19H21ClN4O3/c1-5-11-14(26-3)7-15(27-4)17(20)16(11)12-6-10-8-22-19(21)24-18(10)13(23-12)9-25-2/h6-8H,5,9H2,1-4H3,(H2,21,22,24). The molecule has 142 valence electrons. The molecule has 0 saturated heterocycles. The number of nitrogen functional groups attached to an aromatic ring is 1. The van der Waals surface area contributed by atoms with Crippen LogP contribution in [0, 0.1) is 0 Å². The number of benzene rings is 1. The fourth-order valence-electron chi connectivity index (χ4n) is 3.08. The summed E-state index contributed by atoms with van der Waals surface area (Å²) in [6.45, 7) is 2.31. The van der Waals surface area contributed by atoms with Crippen molar-refractivity contribution in [3.63, 3.8) is 0 Å². The number of nitrogens with two attached hydrogens (primary N) is 1. The van der Waals surface area contributed by atoms with Crippen molar-refractivity contribution in [3.05, 3.63) is 34.6 Å². The lowest BCUT2D eigenvalue weighted by atomic mass is 9.98. The minimum Gasteiger partial charge on any atom is -0.496 e. The van der Waals surface area contributed by atoms with Gasteiger partial charge in [0.15, 0.2) is 0 Å². The molecule has 0 spiro atoms. The Labute approximate surface area is 162 Å². The molecule has 0 saturated carbocycles. The van der Waals surface area contributed by atoms with Gasteiger partial charge >= 0.3 is 0 Å². The molecule has 0 aliphatic carbocycles. The number of ether oxygens (including phenoxy) is 3. The average Bonchev–Trinajstić information content (AvgIpc) is 2.67. The molecule has 0 atom stereocenters. The monoisotopic (exact) mass is 388 g/mol. The van der Waals surface area contributed by atoms with E-state index < -0.39 is 0 Å². The molecule has 7 nitrogen and oxygen atoms in total. The van der Waals surface area contributed by atoms with E-state index >= 15 is 0 Å². The van der Waals surface area contributed by atoms with Gasteiger partial charge in [-0.3, -0.25) is 0 Å². The molecule has 27 heavy (non-hydrogen) atoms. The Morgan fingerprint density at radius 1 is 1.07 bits per heavy atom. The molecule has 8 heteroatoms. The van der Waals surface area contributed by atoms with Gasteiger partial charge < -0.3 is 19.9 Å². The van der Waals surface area contributed by atoms with Gasteiger partial charge in [-0.2, -0.15) is 0 Å². The minimum atomic E-state index is 0.185. The molecule has 1 aromatic carbocycles. The van der Waals surface area contributed by atoms with E-state index in [9.17, 15) is 0 Å². The Hall–Kier alpha value is -2.64. The van der Waals surface area contributed by atoms with Gasteiger partial charge in [-0.25, -0.2) is 15.0 Å². The third-order valence-electron chi connectivity index (χ3n) is 4.28. The van der Waals surface area contributed by atoms with E-state index in [4.69, 9.17) is 36.5 Å². The lowest BCUT2D eigenvalue weighted by molar-refractivity contribution is 0.182. The van der Waals surface area contributed by atoms with Gasteiger partial charge in [0.2, 0.25) is 5.95 Å². The van der Waals surface area contributed by atoms with Crippen LogP contribution in [0.15, 0.2) is 18.3 Å². The molecule has 0 fully saturated rings. The molecule has 0 bridgehead atoms. The van der Waals surface area contributed by atoms with Gasteiger partial charge in [0.05, 0.1) is 42.8 Å². The smallest absolute Gasteiger partial charge is 0.220 e. The second kappa shape index (κ2) is 7.94. The maximum atomic E-state index is 6.66. The quantitative estimate of drug-likeness (QED) is 0.688. The van der Waals surface area contributed by atoms with Gasteiger partial charge in [-0.05, 0) is 12.5 Å².